The van der Waals surface area contributed by atoms with E-state index in [0.29, 0.717) is 0 Å². The Bertz CT molecular complexity index is 874. The van der Waals surface area contributed by atoms with Gasteiger partial charge in [0.1, 0.15) is 5.75 Å². The smallest absolute Gasteiger partial charge is 0.430 e. The number of benzene rings is 1. The van der Waals surface area contributed by atoms with Gasteiger partial charge in [0.15, 0.2) is 6.61 Å². The van der Waals surface area contributed by atoms with Gasteiger partial charge in [0.2, 0.25) is 6.10 Å². The van der Waals surface area contributed by atoms with Gasteiger partial charge in [0.05, 0.1) is 10.6 Å². The summed E-state index contributed by atoms with van der Waals surface area (Å²) in [5, 5.41) is 8.83. The van der Waals surface area contributed by atoms with Crippen LogP contribution in [0.25, 0.3) is 6.08 Å². The molecule has 2 rings (SSSR count). The van der Waals surface area contributed by atoms with Crippen LogP contribution in [0.3, 0.4) is 0 Å². The van der Waals surface area contributed by atoms with E-state index in [1.807, 2.05) is 0 Å². The number of nitrogens with zero attached hydrogens (tertiary/aromatic N) is 1. The molecule has 0 amide bonds. The maximum atomic E-state index is 13.4. The van der Waals surface area contributed by atoms with Crippen LogP contribution in [-0.2, 0) is 23.9 Å². The van der Waals surface area contributed by atoms with Crippen molar-refractivity contribution >= 4 is 41.2 Å². The molecule has 0 aromatic heterocycles. The second-order valence-corrected chi connectivity index (χ2v) is 6.25. The van der Waals surface area contributed by atoms with E-state index in [-0.39, 0.29) is 21.4 Å². The summed E-state index contributed by atoms with van der Waals surface area (Å²) >= 11 is 11.6. The third-order valence-corrected chi connectivity index (χ3v) is 3.75. The van der Waals surface area contributed by atoms with Crippen LogP contribution >= 0.6 is 23.2 Å². The first-order valence-corrected chi connectivity index (χ1v) is 8.23. The fourth-order valence-electron chi connectivity index (χ4n) is 2.23. The maximum Gasteiger partial charge on any atom is 0.430 e. The molecule has 0 N–H and O–H groups in total. The number of hydrogen-bond acceptors (Lipinski definition) is 8. The van der Waals surface area contributed by atoms with Crippen molar-refractivity contribution in [2.24, 2.45) is 0 Å². The quantitative estimate of drug-likeness (QED) is 0.275. The highest BCUT2D eigenvalue weighted by Crippen LogP contribution is 2.42. The van der Waals surface area contributed by atoms with Crippen molar-refractivity contribution in [1.29, 1.82) is 0 Å². The molecule has 0 radical (unpaired) electrons. The van der Waals surface area contributed by atoms with Crippen molar-refractivity contribution in [3.8, 4) is 5.75 Å². The number of carbonyl (C=O) groups is 2. The zero-order valence-electron chi connectivity index (χ0n) is 14.2. The summed E-state index contributed by atoms with van der Waals surface area (Å²) in [5.74, 6) is -3.00. The van der Waals surface area contributed by atoms with E-state index >= 15 is 0 Å². The van der Waals surface area contributed by atoms with Crippen LogP contribution in [0.5, 0.6) is 5.75 Å². The van der Waals surface area contributed by atoms with Crippen molar-refractivity contribution in [3.63, 3.8) is 0 Å². The molecule has 9 nitrogen and oxygen atoms in total. The third kappa shape index (κ3) is 5.87. The van der Waals surface area contributed by atoms with Crippen LogP contribution in [0, 0.1) is 10.1 Å². The molecule has 29 heavy (non-hydrogen) atoms. The lowest BCUT2D eigenvalue weighted by atomic mass is 10.0. The molecule has 0 spiro atoms. The van der Waals surface area contributed by atoms with Gasteiger partial charge in [-0.25, -0.2) is 4.79 Å². The van der Waals surface area contributed by atoms with Crippen LogP contribution in [0.2, 0.25) is 10.0 Å². The van der Waals surface area contributed by atoms with Gasteiger partial charge < -0.3 is 19.0 Å². The highest BCUT2D eigenvalue weighted by Gasteiger charge is 2.49. The molecule has 1 aliphatic heterocycles. The van der Waals surface area contributed by atoms with E-state index in [0.717, 1.165) is 19.1 Å². The fourth-order valence-corrected chi connectivity index (χ4v) is 2.79. The van der Waals surface area contributed by atoms with Gasteiger partial charge in [-0.1, -0.05) is 23.2 Å². The van der Waals surface area contributed by atoms with Gasteiger partial charge in [0, 0.05) is 17.5 Å². The number of ether oxygens (including phenoxy) is 3. The van der Waals surface area contributed by atoms with Crippen molar-refractivity contribution in [2.45, 2.75) is 25.5 Å². The Labute approximate surface area is 170 Å². The molecule has 1 heterocycles. The molecule has 1 aromatic carbocycles. The number of carbonyl (C=O) groups excluding carboxylic acids is 2. The number of halogens is 5. The lowest BCUT2D eigenvalue weighted by molar-refractivity contribution is -0.760. The fraction of sp³-hybridized carbons (Fsp3) is 0.333. The highest BCUT2D eigenvalue weighted by molar-refractivity contribution is 6.36. The molecule has 2 atom stereocenters. The van der Waals surface area contributed by atoms with E-state index in [9.17, 15) is 32.9 Å². The van der Waals surface area contributed by atoms with Gasteiger partial charge in [-0.15, -0.1) is 10.1 Å². The highest BCUT2D eigenvalue weighted by atomic mass is 35.5. The van der Waals surface area contributed by atoms with E-state index in [2.05, 4.69) is 14.3 Å². The molecular formula is C15H10Cl2F3NO8. The summed E-state index contributed by atoms with van der Waals surface area (Å²) in [7, 11) is 0. The maximum absolute atomic E-state index is 13.4. The van der Waals surface area contributed by atoms with Gasteiger partial charge in [0.25, 0.3) is 11.4 Å². The SMILES string of the molecule is CC(=O)OC(CO[N+](=O)[O-])OC(=O)C1=Cc2cc(Cl)cc(Cl)c2OC1C(F)(F)F. The Morgan fingerprint density at radius 3 is 2.52 bits per heavy atom. The van der Waals surface area contributed by atoms with Gasteiger partial charge in [-0.05, 0) is 18.2 Å². The average Bonchev–Trinajstić information content (AvgIpc) is 2.57. The lowest BCUT2D eigenvalue weighted by Crippen LogP contribution is -2.42. The Kier molecular flexibility index (Phi) is 6.80. The molecule has 0 bridgehead atoms. The van der Waals surface area contributed by atoms with E-state index in [1.54, 1.807) is 0 Å². The second-order valence-electron chi connectivity index (χ2n) is 5.41. The molecule has 1 aromatic rings. The average molecular weight is 460 g/mol. The molecule has 158 valence electrons. The van der Waals surface area contributed by atoms with Crippen LogP contribution in [0.1, 0.15) is 12.5 Å². The Balaban J connectivity index is 2.37. The van der Waals surface area contributed by atoms with Crippen LogP contribution in [0.15, 0.2) is 17.7 Å². The Morgan fingerprint density at radius 1 is 1.31 bits per heavy atom. The van der Waals surface area contributed by atoms with Crippen LogP contribution < -0.4 is 4.74 Å². The van der Waals surface area contributed by atoms with Crippen molar-refractivity contribution < 1.29 is 46.9 Å². The minimum Gasteiger partial charge on any atom is -0.474 e. The predicted octanol–water partition coefficient (Wildman–Crippen LogP) is 3.34. The van der Waals surface area contributed by atoms with Crippen molar-refractivity contribution in [3.05, 3.63) is 43.4 Å². The molecule has 1 aliphatic rings. The molecule has 14 heteroatoms. The summed E-state index contributed by atoms with van der Waals surface area (Å²) in [6.45, 7) is -0.174. The molecular weight excluding hydrogens is 450 g/mol. The third-order valence-electron chi connectivity index (χ3n) is 3.25. The predicted molar refractivity (Wildman–Crippen MR) is 89.5 cm³/mol. The summed E-state index contributed by atoms with van der Waals surface area (Å²) in [6.07, 6.45) is -9.02. The first-order chi connectivity index (χ1) is 13.4. The number of rotatable bonds is 6. The number of alkyl halides is 3. The number of fused-ring (bicyclic) bond motifs is 1. The molecule has 0 aliphatic carbocycles. The zero-order chi connectivity index (χ0) is 21.9. The van der Waals surface area contributed by atoms with Gasteiger partial charge >= 0.3 is 18.1 Å². The molecule has 0 saturated heterocycles. The Morgan fingerprint density at radius 2 is 1.97 bits per heavy atom. The first kappa shape index (κ1) is 22.6. The van der Waals surface area contributed by atoms with Crippen molar-refractivity contribution in [1.82, 2.24) is 0 Å². The second kappa shape index (κ2) is 8.74. The molecule has 0 saturated carbocycles. The number of esters is 2. The largest absolute Gasteiger partial charge is 0.474 e. The molecule has 2 unspecified atom stereocenters. The van der Waals surface area contributed by atoms with Crippen molar-refractivity contribution in [2.75, 3.05) is 6.61 Å². The lowest BCUT2D eigenvalue weighted by Gasteiger charge is -2.29. The minimum atomic E-state index is -5.06. The van der Waals surface area contributed by atoms with Gasteiger partial charge in [-0.3, -0.25) is 4.79 Å². The standard InChI is InChI=1S/C15H10Cl2F3NO8/c1-6(22)27-11(5-26-21(24)25)28-14(23)9-3-7-2-8(16)4-10(17)12(7)29-13(9)15(18,19)20/h2-4,11,13H,5H2,1H3. The normalized spacial score (nSPS) is 16.6. The summed E-state index contributed by atoms with van der Waals surface area (Å²) in [5.41, 5.74) is -1.07. The van der Waals surface area contributed by atoms with E-state index < -0.39 is 47.8 Å². The minimum absolute atomic E-state index is 0.0412. The summed E-state index contributed by atoms with van der Waals surface area (Å²) < 4.78 is 54.2. The first-order valence-electron chi connectivity index (χ1n) is 7.48. The Hall–Kier alpha value is -2.73. The summed E-state index contributed by atoms with van der Waals surface area (Å²) in [4.78, 5) is 37.5. The van der Waals surface area contributed by atoms with Crippen LogP contribution in [-0.4, -0.2) is 42.2 Å². The monoisotopic (exact) mass is 459 g/mol. The van der Waals surface area contributed by atoms with Gasteiger partial charge in [-0.2, -0.15) is 13.2 Å². The van der Waals surface area contributed by atoms with E-state index in [1.165, 1.54) is 6.07 Å². The summed E-state index contributed by atoms with van der Waals surface area (Å²) in [6, 6.07) is 2.35. The van der Waals surface area contributed by atoms with Crippen LogP contribution in [0.4, 0.5) is 13.2 Å². The zero-order valence-corrected chi connectivity index (χ0v) is 15.7. The number of hydrogen-bond donors (Lipinski definition) is 0. The van der Waals surface area contributed by atoms with E-state index in [4.69, 9.17) is 27.9 Å². The molecule has 0 fully saturated rings. The topological polar surface area (TPSA) is 114 Å².